The third-order valence-electron chi connectivity index (χ3n) is 2.78. The molecule has 1 unspecified atom stereocenters. The van der Waals surface area contributed by atoms with Gasteiger partial charge in [-0.05, 0) is 46.6 Å². The second kappa shape index (κ2) is 7.21. The van der Waals surface area contributed by atoms with Gasteiger partial charge in [-0.1, -0.05) is 6.07 Å². The van der Waals surface area contributed by atoms with Gasteiger partial charge in [-0.2, -0.15) is 0 Å². The van der Waals surface area contributed by atoms with Gasteiger partial charge in [0.1, 0.15) is 5.82 Å². The van der Waals surface area contributed by atoms with Gasteiger partial charge in [0.15, 0.2) is 0 Å². The summed E-state index contributed by atoms with van der Waals surface area (Å²) in [6.45, 7) is 0.793. The second-order valence-corrected chi connectivity index (χ2v) is 5.23. The summed E-state index contributed by atoms with van der Waals surface area (Å²) in [5.74, 6) is 0.933. The number of nitrogens with zero attached hydrogens (tertiary/aromatic N) is 2. The smallest absolute Gasteiger partial charge is 0.125 e. The quantitative estimate of drug-likeness (QED) is 0.858. The number of aliphatic hydroxyl groups is 1. The molecule has 0 amide bonds. The summed E-state index contributed by atoms with van der Waals surface area (Å²) < 4.78 is 0.949. The Morgan fingerprint density at radius 1 is 1.21 bits per heavy atom. The molecule has 0 radical (unpaired) electrons. The number of nitrogens with one attached hydrogen (secondary N) is 1. The Morgan fingerprint density at radius 3 is 2.74 bits per heavy atom. The fraction of sp³-hybridized carbons (Fsp3) is 0.286. The molecule has 5 heteroatoms. The number of rotatable bonds is 6. The molecule has 2 N–H and O–H groups in total. The normalized spacial score (nSPS) is 12.1. The standard InChI is InChI=1S/C14H16BrN3O/c15-12-4-5-14(18-9-12)17-8-11(10-19)7-13-3-1-2-6-16-13/h1-6,9,11,19H,7-8,10H2,(H,17,18). The van der Waals surface area contributed by atoms with Crippen molar-refractivity contribution in [3.8, 4) is 0 Å². The van der Waals surface area contributed by atoms with E-state index in [1.807, 2.05) is 30.3 Å². The molecule has 2 rings (SSSR count). The minimum atomic E-state index is 0.125. The molecule has 0 fully saturated rings. The monoisotopic (exact) mass is 321 g/mol. The first-order valence-electron chi connectivity index (χ1n) is 6.14. The molecule has 0 aliphatic heterocycles. The first kappa shape index (κ1) is 14.0. The second-order valence-electron chi connectivity index (χ2n) is 4.32. The topological polar surface area (TPSA) is 58.0 Å². The van der Waals surface area contributed by atoms with Crippen molar-refractivity contribution < 1.29 is 5.11 Å². The van der Waals surface area contributed by atoms with E-state index in [1.165, 1.54) is 0 Å². The highest BCUT2D eigenvalue weighted by molar-refractivity contribution is 9.10. The molecule has 100 valence electrons. The number of halogens is 1. The molecule has 0 saturated carbocycles. The van der Waals surface area contributed by atoms with Crippen LogP contribution >= 0.6 is 15.9 Å². The Morgan fingerprint density at radius 2 is 2.11 bits per heavy atom. The van der Waals surface area contributed by atoms with Gasteiger partial charge in [-0.25, -0.2) is 4.98 Å². The van der Waals surface area contributed by atoms with Crippen LogP contribution in [-0.4, -0.2) is 28.2 Å². The molecule has 0 bridgehead atoms. The lowest BCUT2D eigenvalue weighted by atomic mass is 10.0. The van der Waals surface area contributed by atoms with E-state index >= 15 is 0 Å². The maximum absolute atomic E-state index is 9.41. The van der Waals surface area contributed by atoms with E-state index in [0.29, 0.717) is 6.54 Å². The first-order valence-corrected chi connectivity index (χ1v) is 6.93. The predicted octanol–water partition coefficient (Wildman–Crippen LogP) is 2.50. The average Bonchev–Trinajstić information content (AvgIpc) is 2.46. The highest BCUT2D eigenvalue weighted by Gasteiger charge is 2.09. The fourth-order valence-electron chi connectivity index (χ4n) is 1.75. The van der Waals surface area contributed by atoms with Crippen molar-refractivity contribution >= 4 is 21.7 Å². The molecule has 2 aromatic rings. The van der Waals surface area contributed by atoms with Crippen LogP contribution < -0.4 is 5.32 Å². The van der Waals surface area contributed by atoms with Crippen molar-refractivity contribution in [1.82, 2.24) is 9.97 Å². The molecule has 4 nitrogen and oxygen atoms in total. The lowest BCUT2D eigenvalue weighted by Gasteiger charge is -2.15. The van der Waals surface area contributed by atoms with E-state index in [0.717, 1.165) is 22.4 Å². The number of hydrogen-bond acceptors (Lipinski definition) is 4. The van der Waals surface area contributed by atoms with E-state index in [2.05, 4.69) is 31.2 Å². The van der Waals surface area contributed by atoms with Gasteiger partial charge in [0.05, 0.1) is 0 Å². The van der Waals surface area contributed by atoms with Gasteiger partial charge in [-0.3, -0.25) is 4.98 Å². The number of pyridine rings is 2. The molecule has 0 saturated heterocycles. The number of aromatic nitrogens is 2. The summed E-state index contributed by atoms with van der Waals surface area (Å²) in [5.41, 5.74) is 0.993. The van der Waals surface area contributed by atoms with Crippen LogP contribution in [0.4, 0.5) is 5.82 Å². The Bertz CT molecular complexity index is 490. The van der Waals surface area contributed by atoms with Gasteiger partial charge in [0.2, 0.25) is 0 Å². The summed E-state index contributed by atoms with van der Waals surface area (Å²) in [4.78, 5) is 8.51. The molecule has 0 aliphatic carbocycles. The zero-order valence-electron chi connectivity index (χ0n) is 10.5. The van der Waals surface area contributed by atoms with Crippen molar-refractivity contribution in [1.29, 1.82) is 0 Å². The zero-order chi connectivity index (χ0) is 13.5. The summed E-state index contributed by atoms with van der Waals surface area (Å²) >= 11 is 3.34. The summed E-state index contributed by atoms with van der Waals surface area (Å²) in [6.07, 6.45) is 4.27. The van der Waals surface area contributed by atoms with Gasteiger partial charge in [-0.15, -0.1) is 0 Å². The zero-order valence-corrected chi connectivity index (χ0v) is 12.0. The van der Waals surface area contributed by atoms with E-state index in [-0.39, 0.29) is 12.5 Å². The number of aliphatic hydroxyl groups excluding tert-OH is 1. The van der Waals surface area contributed by atoms with Gasteiger partial charge in [0, 0.05) is 41.6 Å². The molecule has 1 atom stereocenters. The van der Waals surface area contributed by atoms with Crippen LogP contribution in [0.5, 0.6) is 0 Å². The highest BCUT2D eigenvalue weighted by atomic mass is 79.9. The Kier molecular flexibility index (Phi) is 5.30. The maximum atomic E-state index is 9.41. The van der Waals surface area contributed by atoms with Crippen molar-refractivity contribution in [3.63, 3.8) is 0 Å². The van der Waals surface area contributed by atoms with E-state index in [1.54, 1.807) is 12.4 Å². The van der Waals surface area contributed by atoms with Crippen LogP contribution in [0.1, 0.15) is 5.69 Å². The predicted molar refractivity (Wildman–Crippen MR) is 78.9 cm³/mol. The molecule has 0 aromatic carbocycles. The lowest BCUT2D eigenvalue weighted by molar-refractivity contribution is 0.232. The van der Waals surface area contributed by atoms with Crippen LogP contribution in [0.3, 0.4) is 0 Å². The molecule has 2 aromatic heterocycles. The minimum absolute atomic E-state index is 0.125. The Hall–Kier alpha value is -1.46. The number of hydrogen-bond donors (Lipinski definition) is 2. The maximum Gasteiger partial charge on any atom is 0.125 e. The van der Waals surface area contributed by atoms with E-state index in [4.69, 9.17) is 0 Å². The van der Waals surface area contributed by atoms with Crippen LogP contribution in [0.15, 0.2) is 47.2 Å². The first-order chi connectivity index (χ1) is 9.28. The lowest BCUT2D eigenvalue weighted by Crippen LogP contribution is -2.21. The van der Waals surface area contributed by atoms with Crippen LogP contribution in [0.25, 0.3) is 0 Å². The summed E-state index contributed by atoms with van der Waals surface area (Å²) in [7, 11) is 0. The minimum Gasteiger partial charge on any atom is -0.396 e. The molecule has 0 aliphatic rings. The van der Waals surface area contributed by atoms with Crippen molar-refractivity contribution in [2.24, 2.45) is 5.92 Å². The Labute approximate surface area is 121 Å². The summed E-state index contributed by atoms with van der Waals surface area (Å²) in [6, 6.07) is 9.66. The van der Waals surface area contributed by atoms with Crippen molar-refractivity contribution in [2.45, 2.75) is 6.42 Å². The van der Waals surface area contributed by atoms with E-state index < -0.39 is 0 Å². The molecule has 2 heterocycles. The molecular weight excluding hydrogens is 306 g/mol. The number of anilines is 1. The Balaban J connectivity index is 1.87. The van der Waals surface area contributed by atoms with Crippen molar-refractivity contribution in [3.05, 3.63) is 52.9 Å². The fourth-order valence-corrected chi connectivity index (χ4v) is 1.98. The van der Waals surface area contributed by atoms with Gasteiger partial charge in [0.25, 0.3) is 0 Å². The van der Waals surface area contributed by atoms with Crippen molar-refractivity contribution in [2.75, 3.05) is 18.5 Å². The largest absolute Gasteiger partial charge is 0.396 e. The highest BCUT2D eigenvalue weighted by Crippen LogP contribution is 2.12. The SMILES string of the molecule is OCC(CNc1ccc(Br)cn1)Cc1ccccn1. The molecule has 19 heavy (non-hydrogen) atoms. The van der Waals surface area contributed by atoms with Crippen LogP contribution in [0, 0.1) is 5.92 Å². The van der Waals surface area contributed by atoms with Gasteiger partial charge >= 0.3 is 0 Å². The summed E-state index contributed by atoms with van der Waals surface area (Å²) in [5, 5.41) is 12.6. The molecule has 0 spiro atoms. The molecular formula is C14H16BrN3O. The third-order valence-corrected chi connectivity index (χ3v) is 3.25. The van der Waals surface area contributed by atoms with Gasteiger partial charge < -0.3 is 10.4 Å². The average molecular weight is 322 g/mol. The van der Waals surface area contributed by atoms with E-state index in [9.17, 15) is 5.11 Å². The van der Waals surface area contributed by atoms with Crippen LogP contribution in [0.2, 0.25) is 0 Å². The van der Waals surface area contributed by atoms with Crippen LogP contribution in [-0.2, 0) is 6.42 Å². The third kappa shape index (κ3) is 4.61.